The first-order valence-corrected chi connectivity index (χ1v) is 6.60. The minimum Gasteiger partial charge on any atom is -0.326 e. The molecular formula is C14H32N2. The molecule has 16 heavy (non-hydrogen) atoms. The van der Waals surface area contributed by atoms with Crippen molar-refractivity contribution in [1.82, 2.24) is 4.90 Å². The van der Waals surface area contributed by atoms with Crippen LogP contribution in [0, 0.1) is 11.3 Å². The Morgan fingerprint density at radius 2 is 1.56 bits per heavy atom. The lowest BCUT2D eigenvalue weighted by Crippen LogP contribution is -2.56. The van der Waals surface area contributed by atoms with Gasteiger partial charge in [-0.1, -0.05) is 41.5 Å². The Morgan fingerprint density at radius 3 is 1.81 bits per heavy atom. The lowest BCUT2D eigenvalue weighted by Gasteiger charge is -2.45. The lowest BCUT2D eigenvalue weighted by atomic mass is 9.79. The first-order chi connectivity index (χ1) is 7.12. The first-order valence-electron chi connectivity index (χ1n) is 6.60. The van der Waals surface area contributed by atoms with E-state index in [0.29, 0.717) is 18.0 Å². The molecule has 2 heteroatoms. The van der Waals surface area contributed by atoms with E-state index in [9.17, 15) is 0 Å². The van der Waals surface area contributed by atoms with Gasteiger partial charge < -0.3 is 5.73 Å². The quantitative estimate of drug-likeness (QED) is 0.783. The average molecular weight is 228 g/mol. The third kappa shape index (κ3) is 4.06. The molecule has 0 amide bonds. The maximum atomic E-state index is 6.30. The fraction of sp³-hybridized carbons (Fsp3) is 1.00. The van der Waals surface area contributed by atoms with Gasteiger partial charge >= 0.3 is 0 Å². The molecule has 98 valence electrons. The minimum absolute atomic E-state index is 0.229. The predicted octanol–water partition coefficient (Wildman–Crippen LogP) is 3.11. The Kier molecular flexibility index (Phi) is 5.99. The molecule has 0 fully saturated rings. The highest BCUT2D eigenvalue weighted by Gasteiger charge is 2.35. The van der Waals surface area contributed by atoms with Gasteiger partial charge in [-0.05, 0) is 31.7 Å². The van der Waals surface area contributed by atoms with Crippen LogP contribution < -0.4 is 5.73 Å². The van der Waals surface area contributed by atoms with Crippen LogP contribution in [-0.2, 0) is 0 Å². The summed E-state index contributed by atoms with van der Waals surface area (Å²) < 4.78 is 0. The van der Waals surface area contributed by atoms with Gasteiger partial charge in [0.15, 0.2) is 0 Å². The fourth-order valence-corrected chi connectivity index (χ4v) is 2.50. The van der Waals surface area contributed by atoms with Crippen molar-refractivity contribution < 1.29 is 0 Å². The number of nitrogens with two attached hydrogens (primary N) is 1. The SMILES string of the molecule is CCC(N)C(N(C)C(C)C(C)C)C(C)(C)C. The molecule has 0 aliphatic heterocycles. The molecule has 3 unspecified atom stereocenters. The van der Waals surface area contributed by atoms with Crippen molar-refractivity contribution in [3.8, 4) is 0 Å². The largest absolute Gasteiger partial charge is 0.326 e. The second kappa shape index (κ2) is 6.02. The predicted molar refractivity (Wildman–Crippen MR) is 73.6 cm³/mol. The summed E-state index contributed by atoms with van der Waals surface area (Å²) in [6, 6.07) is 1.27. The summed E-state index contributed by atoms with van der Waals surface area (Å²) in [6.07, 6.45) is 1.04. The maximum Gasteiger partial charge on any atom is 0.0295 e. The summed E-state index contributed by atoms with van der Waals surface area (Å²) in [7, 11) is 2.22. The van der Waals surface area contributed by atoms with E-state index in [-0.39, 0.29) is 11.5 Å². The van der Waals surface area contributed by atoms with E-state index in [4.69, 9.17) is 5.73 Å². The summed E-state index contributed by atoms with van der Waals surface area (Å²) in [4.78, 5) is 2.47. The molecule has 0 spiro atoms. The highest BCUT2D eigenvalue weighted by atomic mass is 15.2. The number of rotatable bonds is 5. The smallest absolute Gasteiger partial charge is 0.0295 e. The molecule has 2 N–H and O–H groups in total. The van der Waals surface area contributed by atoms with Crippen LogP contribution in [-0.4, -0.2) is 30.1 Å². The van der Waals surface area contributed by atoms with Crippen LogP contribution in [0.5, 0.6) is 0 Å². The van der Waals surface area contributed by atoms with Crippen LogP contribution in [0.25, 0.3) is 0 Å². The van der Waals surface area contributed by atoms with Crippen molar-refractivity contribution in [2.75, 3.05) is 7.05 Å². The topological polar surface area (TPSA) is 29.3 Å². The van der Waals surface area contributed by atoms with Crippen LogP contribution in [0.2, 0.25) is 0 Å². The number of hydrogen-bond acceptors (Lipinski definition) is 2. The van der Waals surface area contributed by atoms with Crippen molar-refractivity contribution in [3.63, 3.8) is 0 Å². The standard InChI is InChI=1S/C14H32N2/c1-9-12(15)13(14(5,6)7)16(8)11(4)10(2)3/h10-13H,9,15H2,1-8H3. The molecule has 0 aliphatic carbocycles. The summed E-state index contributed by atoms with van der Waals surface area (Å²) in [5, 5.41) is 0. The van der Waals surface area contributed by atoms with Gasteiger partial charge in [0.05, 0.1) is 0 Å². The Hall–Kier alpha value is -0.0800. The van der Waals surface area contributed by atoms with E-state index in [0.717, 1.165) is 6.42 Å². The molecule has 3 atom stereocenters. The van der Waals surface area contributed by atoms with E-state index in [1.165, 1.54) is 0 Å². The van der Waals surface area contributed by atoms with Crippen molar-refractivity contribution in [2.45, 2.75) is 73.0 Å². The summed E-state index contributed by atoms with van der Waals surface area (Å²) in [5.74, 6) is 0.666. The van der Waals surface area contributed by atoms with Gasteiger partial charge in [0, 0.05) is 18.1 Å². The normalized spacial score (nSPS) is 18.9. The number of likely N-dealkylation sites (N-methyl/N-ethyl adjacent to an activating group) is 1. The van der Waals surface area contributed by atoms with Gasteiger partial charge in [-0.15, -0.1) is 0 Å². The third-order valence-corrected chi connectivity index (χ3v) is 3.81. The first kappa shape index (κ1) is 15.9. The minimum atomic E-state index is 0.229. The van der Waals surface area contributed by atoms with E-state index >= 15 is 0 Å². The number of hydrogen-bond donors (Lipinski definition) is 1. The highest BCUT2D eigenvalue weighted by molar-refractivity contribution is 4.91. The molecule has 0 bridgehead atoms. The summed E-state index contributed by atoms with van der Waals surface area (Å²) in [6.45, 7) is 15.9. The fourth-order valence-electron chi connectivity index (χ4n) is 2.50. The van der Waals surface area contributed by atoms with Gasteiger partial charge in [0.1, 0.15) is 0 Å². The van der Waals surface area contributed by atoms with Crippen LogP contribution in [0.15, 0.2) is 0 Å². The molecular weight excluding hydrogens is 196 g/mol. The van der Waals surface area contributed by atoms with E-state index in [2.05, 4.69) is 60.4 Å². The molecule has 0 saturated carbocycles. The summed E-state index contributed by atoms with van der Waals surface area (Å²) in [5.41, 5.74) is 6.53. The Bertz CT molecular complexity index is 193. The lowest BCUT2D eigenvalue weighted by molar-refractivity contribution is 0.0525. The molecule has 0 radical (unpaired) electrons. The van der Waals surface area contributed by atoms with Crippen molar-refractivity contribution in [1.29, 1.82) is 0 Å². The highest BCUT2D eigenvalue weighted by Crippen LogP contribution is 2.29. The van der Waals surface area contributed by atoms with Crippen molar-refractivity contribution >= 4 is 0 Å². The van der Waals surface area contributed by atoms with Crippen LogP contribution in [0.4, 0.5) is 0 Å². The molecule has 0 rings (SSSR count). The van der Waals surface area contributed by atoms with Gasteiger partial charge in [0.2, 0.25) is 0 Å². The zero-order valence-corrected chi connectivity index (χ0v) is 12.5. The molecule has 0 heterocycles. The monoisotopic (exact) mass is 228 g/mol. The van der Waals surface area contributed by atoms with Gasteiger partial charge in [0.25, 0.3) is 0 Å². The van der Waals surface area contributed by atoms with Crippen LogP contribution in [0.3, 0.4) is 0 Å². The molecule has 2 nitrogen and oxygen atoms in total. The molecule has 0 aromatic heterocycles. The van der Waals surface area contributed by atoms with Gasteiger partial charge in [-0.2, -0.15) is 0 Å². The molecule has 0 saturated heterocycles. The van der Waals surface area contributed by atoms with Gasteiger partial charge in [-0.3, -0.25) is 4.90 Å². The second-order valence-electron chi connectivity index (χ2n) is 6.53. The van der Waals surface area contributed by atoms with E-state index in [1.54, 1.807) is 0 Å². The van der Waals surface area contributed by atoms with Crippen molar-refractivity contribution in [3.05, 3.63) is 0 Å². The molecule has 0 aliphatic rings. The zero-order chi connectivity index (χ0) is 13.1. The van der Waals surface area contributed by atoms with E-state index < -0.39 is 0 Å². The number of nitrogens with zero attached hydrogens (tertiary/aromatic N) is 1. The molecule has 0 aromatic carbocycles. The van der Waals surface area contributed by atoms with Crippen LogP contribution in [0.1, 0.15) is 54.9 Å². The Morgan fingerprint density at radius 1 is 1.12 bits per heavy atom. The zero-order valence-electron chi connectivity index (χ0n) is 12.5. The summed E-state index contributed by atoms with van der Waals surface area (Å²) >= 11 is 0. The maximum absolute atomic E-state index is 6.30. The van der Waals surface area contributed by atoms with Gasteiger partial charge in [-0.25, -0.2) is 0 Å². The Labute approximate surface area is 103 Å². The third-order valence-electron chi connectivity index (χ3n) is 3.81. The second-order valence-corrected chi connectivity index (χ2v) is 6.53. The Balaban J connectivity index is 4.90. The van der Waals surface area contributed by atoms with Crippen molar-refractivity contribution in [2.24, 2.45) is 17.1 Å². The molecule has 0 aromatic rings. The van der Waals surface area contributed by atoms with Crippen LogP contribution >= 0.6 is 0 Å². The van der Waals surface area contributed by atoms with E-state index in [1.807, 2.05) is 0 Å². The average Bonchev–Trinajstić information content (AvgIpc) is 2.13.